The van der Waals surface area contributed by atoms with E-state index in [9.17, 15) is 14.7 Å². The Bertz CT molecular complexity index is 1100. The average Bonchev–Trinajstić information content (AvgIpc) is 2.76. The van der Waals surface area contributed by atoms with Gasteiger partial charge in [-0.05, 0) is 63.3 Å². The largest absolute Gasteiger partial charge is 0.507 e. The van der Waals surface area contributed by atoms with Gasteiger partial charge in [0.2, 0.25) is 11.2 Å². The van der Waals surface area contributed by atoms with Crippen molar-refractivity contribution >= 4 is 16.9 Å². The third kappa shape index (κ3) is 5.24. The smallest absolute Gasteiger partial charge is 0.338 e. The molecule has 0 atom stereocenters. The fraction of sp³-hybridized carbons (Fsp3) is 0.333. The fourth-order valence-corrected chi connectivity index (χ4v) is 3.23. The molecule has 7 nitrogen and oxygen atoms in total. The van der Waals surface area contributed by atoms with Gasteiger partial charge in [-0.25, -0.2) is 4.79 Å². The zero-order valence-electron chi connectivity index (χ0n) is 18.0. The monoisotopic (exact) mass is 425 g/mol. The number of rotatable bonds is 9. The van der Waals surface area contributed by atoms with E-state index in [0.717, 1.165) is 19.4 Å². The molecule has 7 heteroatoms. The number of phenols is 1. The number of carbonyl (C=O) groups is 1. The third-order valence-corrected chi connectivity index (χ3v) is 4.90. The quantitative estimate of drug-likeness (QED) is 0.497. The van der Waals surface area contributed by atoms with Crippen LogP contribution in [0.1, 0.15) is 42.6 Å². The van der Waals surface area contributed by atoms with Gasteiger partial charge < -0.3 is 23.9 Å². The summed E-state index contributed by atoms with van der Waals surface area (Å²) in [5.41, 5.74) is 0.970. The van der Waals surface area contributed by atoms with Gasteiger partial charge in [-0.2, -0.15) is 0 Å². The molecule has 3 aromatic rings. The van der Waals surface area contributed by atoms with Crippen LogP contribution in [0.25, 0.3) is 11.0 Å². The first-order chi connectivity index (χ1) is 14.9. The van der Waals surface area contributed by atoms with Crippen molar-refractivity contribution in [3.8, 4) is 17.2 Å². The lowest BCUT2D eigenvalue weighted by atomic mass is 10.1. The van der Waals surface area contributed by atoms with E-state index in [2.05, 4.69) is 11.8 Å². The maximum Gasteiger partial charge on any atom is 0.338 e. The van der Waals surface area contributed by atoms with Crippen molar-refractivity contribution in [2.75, 3.05) is 20.2 Å². The van der Waals surface area contributed by atoms with E-state index in [4.69, 9.17) is 13.9 Å². The predicted molar refractivity (Wildman–Crippen MR) is 118 cm³/mol. The molecule has 3 rings (SSSR count). The summed E-state index contributed by atoms with van der Waals surface area (Å²) in [5.74, 6) is 0.0723. The van der Waals surface area contributed by atoms with Crippen LogP contribution in [0.3, 0.4) is 0 Å². The first kappa shape index (κ1) is 22.4. The Morgan fingerprint density at radius 2 is 1.87 bits per heavy atom. The van der Waals surface area contributed by atoms with E-state index >= 15 is 0 Å². The number of aromatic hydroxyl groups is 1. The van der Waals surface area contributed by atoms with Crippen LogP contribution < -0.4 is 10.2 Å². The Morgan fingerprint density at radius 3 is 2.55 bits per heavy atom. The lowest BCUT2D eigenvalue weighted by Crippen LogP contribution is -2.19. The van der Waals surface area contributed by atoms with E-state index in [1.165, 1.54) is 18.4 Å². The zero-order valence-corrected chi connectivity index (χ0v) is 18.0. The van der Waals surface area contributed by atoms with Crippen LogP contribution in [-0.4, -0.2) is 36.2 Å². The van der Waals surface area contributed by atoms with Crippen LogP contribution in [0, 0.1) is 0 Å². The standard InChI is InChI=1S/C24H27NO6/c1-4-6-13-25(3)14-19-20(26)12-11-18-22(27)21(15-30-23(18)19)31-17-9-7-16(8-10-17)24(28)29-5-2/h7-12,15,26H,4-6,13-14H2,1-3H3. The van der Waals surface area contributed by atoms with Crippen molar-refractivity contribution in [3.05, 3.63) is 64.0 Å². The molecule has 0 aliphatic heterocycles. The minimum atomic E-state index is -0.421. The molecule has 0 bridgehead atoms. The van der Waals surface area contributed by atoms with Gasteiger partial charge in [0.05, 0.1) is 23.1 Å². The van der Waals surface area contributed by atoms with Crippen LogP contribution >= 0.6 is 0 Å². The summed E-state index contributed by atoms with van der Waals surface area (Å²) < 4.78 is 16.4. The number of nitrogens with zero attached hydrogens (tertiary/aromatic N) is 1. The maximum atomic E-state index is 13.0. The van der Waals surface area contributed by atoms with Gasteiger partial charge in [0.15, 0.2) is 0 Å². The molecular formula is C24H27NO6. The van der Waals surface area contributed by atoms with Gasteiger partial charge in [-0.3, -0.25) is 4.79 Å². The molecule has 0 amide bonds. The van der Waals surface area contributed by atoms with E-state index in [-0.39, 0.29) is 16.9 Å². The molecule has 0 spiro atoms. The predicted octanol–water partition coefficient (Wildman–Crippen LogP) is 4.70. The molecule has 0 saturated carbocycles. The Balaban J connectivity index is 1.87. The average molecular weight is 425 g/mol. The van der Waals surface area contributed by atoms with Crippen LogP contribution in [-0.2, 0) is 11.3 Å². The van der Waals surface area contributed by atoms with Crippen molar-refractivity contribution in [2.45, 2.75) is 33.2 Å². The van der Waals surface area contributed by atoms with Gasteiger partial charge in [0, 0.05) is 6.54 Å². The minimum Gasteiger partial charge on any atom is -0.507 e. The molecule has 31 heavy (non-hydrogen) atoms. The second-order valence-electron chi connectivity index (χ2n) is 7.31. The third-order valence-electron chi connectivity index (χ3n) is 4.90. The Labute approximate surface area is 180 Å². The molecule has 0 unspecified atom stereocenters. The summed E-state index contributed by atoms with van der Waals surface area (Å²) in [7, 11) is 1.96. The van der Waals surface area contributed by atoms with E-state index in [1.54, 1.807) is 31.2 Å². The second kappa shape index (κ2) is 10.1. The summed E-state index contributed by atoms with van der Waals surface area (Å²) in [6.07, 6.45) is 3.36. The van der Waals surface area contributed by atoms with Crippen LogP contribution in [0.4, 0.5) is 0 Å². The lowest BCUT2D eigenvalue weighted by Gasteiger charge is -2.18. The van der Waals surface area contributed by atoms with E-state index < -0.39 is 5.97 Å². The molecule has 0 radical (unpaired) electrons. The molecule has 1 heterocycles. The molecule has 0 aliphatic rings. The van der Waals surface area contributed by atoms with Crippen LogP contribution in [0.15, 0.2) is 51.9 Å². The Morgan fingerprint density at radius 1 is 1.13 bits per heavy atom. The number of hydrogen-bond donors (Lipinski definition) is 1. The van der Waals surface area contributed by atoms with Gasteiger partial charge in [-0.1, -0.05) is 13.3 Å². The number of esters is 1. The van der Waals surface area contributed by atoms with Crippen LogP contribution in [0.5, 0.6) is 17.2 Å². The van der Waals surface area contributed by atoms with Crippen molar-refractivity contribution < 1.29 is 23.8 Å². The first-order valence-corrected chi connectivity index (χ1v) is 10.3. The number of phenolic OH excluding ortho intramolecular Hbond substituents is 1. The summed E-state index contributed by atoms with van der Waals surface area (Å²) in [6.45, 7) is 5.49. The van der Waals surface area contributed by atoms with Crippen molar-refractivity contribution in [3.63, 3.8) is 0 Å². The van der Waals surface area contributed by atoms with Gasteiger partial charge in [0.1, 0.15) is 23.3 Å². The molecule has 1 N–H and O–H groups in total. The normalized spacial score (nSPS) is 11.1. The van der Waals surface area contributed by atoms with E-state index in [1.807, 2.05) is 7.05 Å². The summed E-state index contributed by atoms with van der Waals surface area (Å²) in [6, 6.07) is 9.33. The molecular weight excluding hydrogens is 398 g/mol. The molecule has 2 aromatic carbocycles. The summed E-state index contributed by atoms with van der Waals surface area (Å²) in [5, 5.41) is 10.7. The SMILES string of the molecule is CCCCN(C)Cc1c(O)ccc2c(=O)c(Oc3ccc(C(=O)OCC)cc3)coc12. The number of carbonyl (C=O) groups excluding carboxylic acids is 1. The van der Waals surface area contributed by atoms with Crippen molar-refractivity contribution in [1.82, 2.24) is 4.90 Å². The highest BCUT2D eigenvalue weighted by Crippen LogP contribution is 2.29. The number of fused-ring (bicyclic) bond motifs is 1. The topological polar surface area (TPSA) is 89.2 Å². The number of unbranched alkanes of at least 4 members (excludes halogenated alkanes) is 1. The highest BCUT2D eigenvalue weighted by molar-refractivity contribution is 5.89. The molecule has 0 saturated heterocycles. The molecule has 164 valence electrons. The highest BCUT2D eigenvalue weighted by Gasteiger charge is 2.17. The maximum absolute atomic E-state index is 13.0. The van der Waals surface area contributed by atoms with Gasteiger partial charge >= 0.3 is 5.97 Å². The molecule has 1 aromatic heterocycles. The Kier molecular flexibility index (Phi) is 7.31. The van der Waals surface area contributed by atoms with E-state index in [0.29, 0.717) is 41.0 Å². The van der Waals surface area contributed by atoms with Crippen molar-refractivity contribution in [2.24, 2.45) is 0 Å². The highest BCUT2D eigenvalue weighted by atomic mass is 16.5. The first-order valence-electron chi connectivity index (χ1n) is 10.3. The summed E-state index contributed by atoms with van der Waals surface area (Å²) >= 11 is 0. The number of benzene rings is 2. The van der Waals surface area contributed by atoms with Gasteiger partial charge in [0.25, 0.3) is 0 Å². The number of ether oxygens (including phenoxy) is 2. The van der Waals surface area contributed by atoms with Crippen molar-refractivity contribution in [1.29, 1.82) is 0 Å². The Hall–Kier alpha value is -3.32. The van der Waals surface area contributed by atoms with Crippen LogP contribution in [0.2, 0.25) is 0 Å². The zero-order chi connectivity index (χ0) is 22.4. The molecule has 0 aliphatic carbocycles. The van der Waals surface area contributed by atoms with Gasteiger partial charge in [-0.15, -0.1) is 0 Å². The second-order valence-corrected chi connectivity index (χ2v) is 7.31. The molecule has 0 fully saturated rings. The summed E-state index contributed by atoms with van der Waals surface area (Å²) in [4.78, 5) is 26.8. The minimum absolute atomic E-state index is 0.0207. The lowest BCUT2D eigenvalue weighted by molar-refractivity contribution is 0.0526. The number of hydrogen-bond acceptors (Lipinski definition) is 7. The fourth-order valence-electron chi connectivity index (χ4n) is 3.23.